The first kappa shape index (κ1) is 22.4. The molecule has 0 saturated carbocycles. The largest absolute Gasteiger partial charge is 0.493 e. The second kappa shape index (κ2) is 14.1. The minimum atomic E-state index is 0.757. The van der Waals surface area contributed by atoms with Crippen molar-refractivity contribution < 1.29 is 4.74 Å². The minimum Gasteiger partial charge on any atom is -0.493 e. The van der Waals surface area contributed by atoms with Crippen molar-refractivity contribution in [3.05, 3.63) is 42.2 Å². The Balaban J connectivity index is 1.80. The maximum absolute atomic E-state index is 6.01. The molecule has 0 radical (unpaired) electrons. The number of aryl methyl sites for hydroxylation is 1. The van der Waals surface area contributed by atoms with Crippen LogP contribution in [0.4, 0.5) is 0 Å². The molecule has 0 saturated heterocycles. The smallest absolute Gasteiger partial charge is 0.162 e. The molecule has 0 aliphatic carbocycles. The standard InChI is InChI=1S/C25H38N2O/c1-3-5-7-9-10-11-12-16-22-20-26-25(27-21-22)23-17-13-14-18-24(23)28-19-15-8-6-4-2/h13-14,17-18,20-21H,3-12,15-16,19H2,1-2H3. The monoisotopic (exact) mass is 382 g/mol. The molecule has 154 valence electrons. The van der Waals surface area contributed by atoms with Gasteiger partial charge in [0.15, 0.2) is 5.82 Å². The summed E-state index contributed by atoms with van der Waals surface area (Å²) < 4.78 is 6.01. The van der Waals surface area contributed by atoms with Gasteiger partial charge >= 0.3 is 0 Å². The summed E-state index contributed by atoms with van der Waals surface area (Å²) in [4.78, 5) is 9.23. The van der Waals surface area contributed by atoms with E-state index in [1.807, 2.05) is 36.7 Å². The van der Waals surface area contributed by atoms with E-state index >= 15 is 0 Å². The molecule has 3 heteroatoms. The van der Waals surface area contributed by atoms with Crippen molar-refractivity contribution in [2.24, 2.45) is 0 Å². The van der Waals surface area contributed by atoms with Crippen molar-refractivity contribution in [1.82, 2.24) is 9.97 Å². The highest BCUT2D eigenvalue weighted by molar-refractivity contribution is 5.63. The first-order valence-corrected chi connectivity index (χ1v) is 11.4. The second-order valence-corrected chi connectivity index (χ2v) is 7.69. The molecular weight excluding hydrogens is 344 g/mol. The Morgan fingerprint density at radius 3 is 2.04 bits per heavy atom. The van der Waals surface area contributed by atoms with Gasteiger partial charge in [0.1, 0.15) is 5.75 Å². The van der Waals surface area contributed by atoms with Crippen LogP contribution in [-0.4, -0.2) is 16.6 Å². The summed E-state index contributed by atoms with van der Waals surface area (Å²) in [5.41, 5.74) is 2.22. The van der Waals surface area contributed by atoms with E-state index in [1.165, 1.54) is 69.8 Å². The molecule has 0 unspecified atom stereocenters. The molecule has 0 fully saturated rings. The fourth-order valence-corrected chi connectivity index (χ4v) is 3.40. The van der Waals surface area contributed by atoms with Crippen molar-refractivity contribution in [3.8, 4) is 17.1 Å². The quantitative estimate of drug-likeness (QED) is 0.301. The predicted octanol–water partition coefficient (Wildman–Crippen LogP) is 7.40. The molecule has 28 heavy (non-hydrogen) atoms. The van der Waals surface area contributed by atoms with E-state index in [1.54, 1.807) is 0 Å². The van der Waals surface area contributed by atoms with Gasteiger partial charge in [-0.25, -0.2) is 9.97 Å². The third-order valence-electron chi connectivity index (χ3n) is 5.16. The van der Waals surface area contributed by atoms with Gasteiger partial charge in [0.25, 0.3) is 0 Å². The average molecular weight is 383 g/mol. The van der Waals surface area contributed by atoms with Crippen molar-refractivity contribution >= 4 is 0 Å². The lowest BCUT2D eigenvalue weighted by Crippen LogP contribution is -2.00. The number of unbranched alkanes of at least 4 members (excludes halogenated alkanes) is 9. The van der Waals surface area contributed by atoms with E-state index in [2.05, 4.69) is 23.8 Å². The van der Waals surface area contributed by atoms with Crippen LogP contribution in [0.3, 0.4) is 0 Å². The molecule has 0 spiro atoms. The summed E-state index contributed by atoms with van der Waals surface area (Å²) in [6, 6.07) is 8.10. The molecule has 3 nitrogen and oxygen atoms in total. The van der Waals surface area contributed by atoms with Gasteiger partial charge in [0, 0.05) is 12.4 Å². The lowest BCUT2D eigenvalue weighted by molar-refractivity contribution is 0.306. The summed E-state index contributed by atoms with van der Waals surface area (Å²) in [5, 5.41) is 0. The highest BCUT2D eigenvalue weighted by Crippen LogP contribution is 2.27. The fourth-order valence-electron chi connectivity index (χ4n) is 3.40. The van der Waals surface area contributed by atoms with Crippen LogP contribution in [-0.2, 0) is 6.42 Å². The summed E-state index contributed by atoms with van der Waals surface area (Å²) in [6.07, 6.45) is 19.2. The van der Waals surface area contributed by atoms with Crippen molar-refractivity contribution in [2.45, 2.75) is 90.9 Å². The number of aromatic nitrogens is 2. The average Bonchev–Trinajstić information content (AvgIpc) is 2.74. The molecule has 0 aliphatic heterocycles. The fraction of sp³-hybridized carbons (Fsp3) is 0.600. The van der Waals surface area contributed by atoms with E-state index in [0.717, 1.165) is 36.6 Å². The molecule has 1 aromatic carbocycles. The molecule has 0 N–H and O–H groups in total. The maximum Gasteiger partial charge on any atom is 0.162 e. The molecule has 0 amide bonds. The van der Waals surface area contributed by atoms with Crippen molar-refractivity contribution in [1.29, 1.82) is 0 Å². The Morgan fingerprint density at radius 2 is 1.32 bits per heavy atom. The van der Waals surface area contributed by atoms with E-state index < -0.39 is 0 Å². The molecule has 1 heterocycles. The first-order chi connectivity index (χ1) is 13.8. The second-order valence-electron chi connectivity index (χ2n) is 7.69. The number of hydrogen-bond donors (Lipinski definition) is 0. The molecule has 1 aromatic heterocycles. The van der Waals surface area contributed by atoms with E-state index in [0.29, 0.717) is 0 Å². The van der Waals surface area contributed by atoms with Crippen LogP contribution in [0, 0.1) is 0 Å². The summed E-state index contributed by atoms with van der Waals surface area (Å²) in [7, 11) is 0. The van der Waals surface area contributed by atoms with Crippen LogP contribution in [0.1, 0.15) is 90.0 Å². The van der Waals surface area contributed by atoms with Crippen LogP contribution < -0.4 is 4.74 Å². The third-order valence-corrected chi connectivity index (χ3v) is 5.16. The van der Waals surface area contributed by atoms with Crippen LogP contribution in [0.15, 0.2) is 36.7 Å². The van der Waals surface area contributed by atoms with Crippen LogP contribution >= 0.6 is 0 Å². The number of benzene rings is 1. The van der Waals surface area contributed by atoms with Crippen LogP contribution in [0.25, 0.3) is 11.4 Å². The molecule has 2 aromatic rings. The maximum atomic E-state index is 6.01. The van der Waals surface area contributed by atoms with Gasteiger partial charge in [-0.1, -0.05) is 83.8 Å². The van der Waals surface area contributed by atoms with Gasteiger partial charge in [-0.05, 0) is 37.0 Å². The number of hydrogen-bond acceptors (Lipinski definition) is 3. The number of ether oxygens (including phenoxy) is 1. The normalized spacial score (nSPS) is 10.9. The van der Waals surface area contributed by atoms with E-state index in [4.69, 9.17) is 4.74 Å². The summed E-state index contributed by atoms with van der Waals surface area (Å²) in [5.74, 6) is 1.64. The lowest BCUT2D eigenvalue weighted by atomic mass is 10.1. The molecule has 2 rings (SSSR count). The highest BCUT2D eigenvalue weighted by atomic mass is 16.5. The topological polar surface area (TPSA) is 35.0 Å². The zero-order chi connectivity index (χ0) is 19.9. The number of para-hydroxylation sites is 1. The van der Waals surface area contributed by atoms with Gasteiger partial charge in [-0.3, -0.25) is 0 Å². The van der Waals surface area contributed by atoms with Gasteiger partial charge in [-0.2, -0.15) is 0 Å². The Bertz CT molecular complexity index is 639. The van der Waals surface area contributed by atoms with Gasteiger partial charge in [0.2, 0.25) is 0 Å². The zero-order valence-corrected chi connectivity index (χ0v) is 18.0. The third kappa shape index (κ3) is 8.41. The van der Waals surface area contributed by atoms with Crippen LogP contribution in [0.5, 0.6) is 5.75 Å². The van der Waals surface area contributed by atoms with Crippen molar-refractivity contribution in [3.63, 3.8) is 0 Å². The van der Waals surface area contributed by atoms with E-state index in [-0.39, 0.29) is 0 Å². The number of rotatable bonds is 15. The van der Waals surface area contributed by atoms with Gasteiger partial charge < -0.3 is 4.74 Å². The summed E-state index contributed by atoms with van der Waals surface area (Å²) >= 11 is 0. The van der Waals surface area contributed by atoms with Crippen molar-refractivity contribution in [2.75, 3.05) is 6.61 Å². The Morgan fingerprint density at radius 1 is 0.714 bits per heavy atom. The minimum absolute atomic E-state index is 0.757. The predicted molar refractivity (Wildman–Crippen MR) is 119 cm³/mol. The Kier molecular flexibility index (Phi) is 11.3. The molecule has 0 atom stereocenters. The Hall–Kier alpha value is -1.90. The SMILES string of the molecule is CCCCCCCCCc1cnc(-c2ccccc2OCCCCCC)nc1. The first-order valence-electron chi connectivity index (χ1n) is 11.4. The lowest BCUT2D eigenvalue weighted by Gasteiger charge is -2.11. The van der Waals surface area contributed by atoms with Gasteiger partial charge in [0.05, 0.1) is 12.2 Å². The Labute approximate surface area is 172 Å². The molecule has 0 aliphatic rings. The molecule has 0 bridgehead atoms. The summed E-state index contributed by atoms with van der Waals surface area (Å²) in [6.45, 7) is 5.25. The molecular formula is C25H38N2O. The zero-order valence-electron chi connectivity index (χ0n) is 18.0. The van der Waals surface area contributed by atoms with Gasteiger partial charge in [-0.15, -0.1) is 0 Å². The number of nitrogens with zero attached hydrogens (tertiary/aromatic N) is 2. The highest BCUT2D eigenvalue weighted by Gasteiger charge is 2.08. The van der Waals surface area contributed by atoms with Crippen LogP contribution in [0.2, 0.25) is 0 Å². The van der Waals surface area contributed by atoms with E-state index in [9.17, 15) is 0 Å².